The molecule has 1 heterocycles. The molecule has 0 aromatic rings. The number of rotatable bonds is 1. The van der Waals surface area contributed by atoms with Crippen LogP contribution in [0.3, 0.4) is 0 Å². The minimum atomic E-state index is 0.0259. The third-order valence-corrected chi connectivity index (χ3v) is 3.44. The highest BCUT2D eigenvalue weighted by Crippen LogP contribution is 2.34. The first-order valence-electron chi connectivity index (χ1n) is 5.97. The van der Waals surface area contributed by atoms with Crippen LogP contribution in [0.15, 0.2) is 12.2 Å². The molecule has 2 heteroatoms. The van der Waals surface area contributed by atoms with Gasteiger partial charge in [0.2, 0.25) is 0 Å². The average Bonchev–Trinajstić information content (AvgIpc) is 2.19. The molecule has 0 unspecified atom stereocenters. The maximum absolute atomic E-state index is 5.85. The fourth-order valence-corrected chi connectivity index (χ4v) is 2.30. The molecule has 0 aromatic heterocycles. The van der Waals surface area contributed by atoms with Gasteiger partial charge in [0.15, 0.2) is 6.29 Å². The van der Waals surface area contributed by atoms with Gasteiger partial charge in [-0.1, -0.05) is 32.9 Å². The zero-order valence-electron chi connectivity index (χ0n) is 10.0. The Morgan fingerprint density at radius 2 is 1.67 bits per heavy atom. The lowest BCUT2D eigenvalue weighted by atomic mass is 9.83. The van der Waals surface area contributed by atoms with Crippen molar-refractivity contribution >= 4 is 0 Å². The van der Waals surface area contributed by atoms with Crippen molar-refractivity contribution in [2.24, 2.45) is 17.3 Å². The number of allylic oxidation sites excluding steroid dienone is 2. The maximum Gasteiger partial charge on any atom is 0.160 e. The second-order valence-corrected chi connectivity index (χ2v) is 5.74. The molecule has 0 N–H and O–H groups in total. The summed E-state index contributed by atoms with van der Waals surface area (Å²) >= 11 is 0. The van der Waals surface area contributed by atoms with Crippen molar-refractivity contribution in [3.05, 3.63) is 12.2 Å². The Balaban J connectivity index is 1.92. The van der Waals surface area contributed by atoms with E-state index < -0.39 is 0 Å². The monoisotopic (exact) mass is 210 g/mol. The molecule has 0 spiro atoms. The van der Waals surface area contributed by atoms with Gasteiger partial charge in [-0.3, -0.25) is 0 Å². The topological polar surface area (TPSA) is 18.5 Å². The van der Waals surface area contributed by atoms with Crippen molar-refractivity contribution in [2.75, 3.05) is 13.2 Å². The number of hydrogen-bond donors (Lipinski definition) is 0. The molecule has 0 aromatic carbocycles. The van der Waals surface area contributed by atoms with Crippen LogP contribution in [0, 0.1) is 17.3 Å². The van der Waals surface area contributed by atoms with Crippen LogP contribution < -0.4 is 0 Å². The molecule has 0 radical (unpaired) electrons. The lowest BCUT2D eigenvalue weighted by Gasteiger charge is -2.40. The van der Waals surface area contributed by atoms with Crippen molar-refractivity contribution in [3.8, 4) is 0 Å². The third-order valence-electron chi connectivity index (χ3n) is 3.44. The van der Waals surface area contributed by atoms with Crippen LogP contribution in [0.5, 0.6) is 0 Å². The summed E-state index contributed by atoms with van der Waals surface area (Å²) in [7, 11) is 0. The van der Waals surface area contributed by atoms with E-state index in [9.17, 15) is 0 Å². The second-order valence-electron chi connectivity index (χ2n) is 5.74. The average molecular weight is 210 g/mol. The van der Waals surface area contributed by atoms with Gasteiger partial charge in [0.1, 0.15) is 0 Å². The van der Waals surface area contributed by atoms with Gasteiger partial charge in [-0.05, 0) is 18.8 Å². The highest BCUT2D eigenvalue weighted by Gasteiger charge is 2.35. The van der Waals surface area contributed by atoms with Crippen molar-refractivity contribution in [3.63, 3.8) is 0 Å². The fourth-order valence-electron chi connectivity index (χ4n) is 2.30. The summed E-state index contributed by atoms with van der Waals surface area (Å²) in [6.07, 6.45) is 6.83. The highest BCUT2D eigenvalue weighted by atomic mass is 16.7. The second kappa shape index (κ2) is 4.26. The van der Waals surface area contributed by atoms with Crippen molar-refractivity contribution in [2.45, 2.75) is 39.9 Å². The molecule has 1 aliphatic carbocycles. The predicted octanol–water partition coefficient (Wildman–Crippen LogP) is 2.99. The summed E-state index contributed by atoms with van der Waals surface area (Å²) in [4.78, 5) is 0. The van der Waals surface area contributed by atoms with E-state index in [1.807, 2.05) is 0 Å². The van der Waals surface area contributed by atoms with Gasteiger partial charge in [0.05, 0.1) is 13.2 Å². The normalized spacial score (nSPS) is 36.7. The van der Waals surface area contributed by atoms with Crippen LogP contribution in [0.2, 0.25) is 0 Å². The molecular formula is C13H22O2. The van der Waals surface area contributed by atoms with E-state index in [1.54, 1.807) is 0 Å². The molecule has 1 saturated heterocycles. The smallest absolute Gasteiger partial charge is 0.160 e. The molecule has 1 aliphatic heterocycles. The summed E-state index contributed by atoms with van der Waals surface area (Å²) in [6.45, 7) is 8.32. The maximum atomic E-state index is 5.85. The van der Waals surface area contributed by atoms with Crippen LogP contribution in [0.1, 0.15) is 33.6 Å². The lowest BCUT2D eigenvalue weighted by Crippen LogP contribution is -2.43. The third kappa shape index (κ3) is 2.61. The van der Waals surface area contributed by atoms with Gasteiger partial charge in [0.25, 0.3) is 0 Å². The molecule has 2 aliphatic rings. The Labute approximate surface area is 92.6 Å². The summed E-state index contributed by atoms with van der Waals surface area (Å²) in [5.74, 6) is 1.23. The molecule has 2 atom stereocenters. The molecule has 86 valence electrons. The van der Waals surface area contributed by atoms with E-state index >= 15 is 0 Å². The van der Waals surface area contributed by atoms with Crippen LogP contribution in [0.4, 0.5) is 0 Å². The van der Waals surface area contributed by atoms with Gasteiger partial charge < -0.3 is 9.47 Å². The first kappa shape index (κ1) is 11.2. The molecular weight excluding hydrogens is 188 g/mol. The van der Waals surface area contributed by atoms with Crippen LogP contribution in [-0.2, 0) is 9.47 Å². The van der Waals surface area contributed by atoms with Crippen molar-refractivity contribution in [1.82, 2.24) is 0 Å². The standard InChI is InChI=1S/C13H22O2/c1-10-6-4-5-7-11(10)12-14-8-13(2,3)9-15-12/h4-5,10-12H,6-9H2,1-3H3/t10-,11-/m0/s1. The molecule has 0 amide bonds. The quantitative estimate of drug-likeness (QED) is 0.619. The fraction of sp³-hybridized carbons (Fsp3) is 0.846. The molecule has 1 fully saturated rings. The summed E-state index contributed by atoms with van der Waals surface area (Å²) in [5.41, 5.74) is 0.185. The molecule has 15 heavy (non-hydrogen) atoms. The largest absolute Gasteiger partial charge is 0.352 e. The van der Waals surface area contributed by atoms with E-state index in [1.165, 1.54) is 0 Å². The molecule has 0 saturated carbocycles. The highest BCUT2D eigenvalue weighted by molar-refractivity contribution is 4.94. The summed E-state index contributed by atoms with van der Waals surface area (Å²) in [6, 6.07) is 0. The SMILES string of the molecule is C[C@H]1CC=CC[C@@H]1C1OCC(C)(C)CO1. The zero-order valence-corrected chi connectivity index (χ0v) is 10.0. The van der Waals surface area contributed by atoms with Crippen molar-refractivity contribution in [1.29, 1.82) is 0 Å². The van der Waals surface area contributed by atoms with Crippen molar-refractivity contribution < 1.29 is 9.47 Å². The van der Waals surface area contributed by atoms with E-state index in [2.05, 4.69) is 32.9 Å². The first-order valence-corrected chi connectivity index (χ1v) is 5.97. The Kier molecular flexibility index (Phi) is 3.17. The first-order chi connectivity index (χ1) is 7.08. The Hall–Kier alpha value is -0.340. The number of ether oxygens (including phenoxy) is 2. The minimum Gasteiger partial charge on any atom is -0.352 e. The van der Waals surface area contributed by atoms with Crippen LogP contribution in [0.25, 0.3) is 0 Å². The van der Waals surface area contributed by atoms with Crippen LogP contribution >= 0.6 is 0 Å². The Morgan fingerprint density at radius 1 is 1.07 bits per heavy atom. The van der Waals surface area contributed by atoms with E-state index in [0.717, 1.165) is 26.1 Å². The zero-order chi connectivity index (χ0) is 10.9. The summed E-state index contributed by atoms with van der Waals surface area (Å²) < 4.78 is 11.7. The number of hydrogen-bond acceptors (Lipinski definition) is 2. The van der Waals surface area contributed by atoms with Gasteiger partial charge in [0, 0.05) is 11.3 Å². The van der Waals surface area contributed by atoms with Gasteiger partial charge in [-0.2, -0.15) is 0 Å². The van der Waals surface area contributed by atoms with E-state index in [0.29, 0.717) is 11.8 Å². The molecule has 0 bridgehead atoms. The van der Waals surface area contributed by atoms with Gasteiger partial charge in [-0.25, -0.2) is 0 Å². The predicted molar refractivity (Wildman–Crippen MR) is 60.5 cm³/mol. The lowest BCUT2D eigenvalue weighted by molar-refractivity contribution is -0.249. The van der Waals surface area contributed by atoms with E-state index in [-0.39, 0.29) is 11.7 Å². The van der Waals surface area contributed by atoms with Gasteiger partial charge >= 0.3 is 0 Å². The minimum absolute atomic E-state index is 0.0259. The van der Waals surface area contributed by atoms with Gasteiger partial charge in [-0.15, -0.1) is 0 Å². The van der Waals surface area contributed by atoms with E-state index in [4.69, 9.17) is 9.47 Å². The Morgan fingerprint density at radius 3 is 2.27 bits per heavy atom. The molecule has 2 nitrogen and oxygen atoms in total. The Bertz CT molecular complexity index is 235. The molecule has 2 rings (SSSR count). The summed E-state index contributed by atoms with van der Waals surface area (Å²) in [5, 5.41) is 0. The van der Waals surface area contributed by atoms with Crippen LogP contribution in [-0.4, -0.2) is 19.5 Å².